The molecule has 0 aliphatic carbocycles. The van der Waals surface area contributed by atoms with Crippen molar-refractivity contribution in [1.82, 2.24) is 24.4 Å². The van der Waals surface area contributed by atoms with Gasteiger partial charge in [-0.3, -0.25) is 4.79 Å². The lowest BCUT2D eigenvalue weighted by Gasteiger charge is -2.05. The topological polar surface area (TPSA) is 74.3 Å². The molecule has 0 N–H and O–H groups in total. The minimum Gasteiger partial charge on any atom is -0.494 e. The van der Waals surface area contributed by atoms with E-state index in [9.17, 15) is 9.18 Å². The van der Waals surface area contributed by atoms with Crippen LogP contribution in [0.15, 0.2) is 89.9 Å². The van der Waals surface area contributed by atoms with Crippen LogP contribution >= 0.6 is 11.3 Å². The fourth-order valence-electron chi connectivity index (χ4n) is 4.38. The number of para-hydroxylation sites is 1. The molecule has 6 rings (SSSR count). The van der Waals surface area contributed by atoms with Gasteiger partial charge in [0.05, 0.1) is 16.8 Å². The van der Waals surface area contributed by atoms with E-state index in [0.717, 1.165) is 47.4 Å². The standard InChI is InChI=1S/C31H26FN5O2S/c1-2-3-7-18-39-26-16-12-22(13-17-26)29-33-31-37(35-29)30(38)27(40-31)19-23-20-36(25-8-5-4-6-9-25)34-28(23)21-10-14-24(32)15-11-21/h4-6,8-17,19-20H,2-3,7,18H2,1H3/b27-19-. The first-order valence-corrected chi connectivity index (χ1v) is 14.0. The maximum atomic E-state index is 13.6. The molecule has 0 amide bonds. The second-order valence-corrected chi connectivity index (χ2v) is 10.4. The molecule has 0 saturated heterocycles. The summed E-state index contributed by atoms with van der Waals surface area (Å²) in [5.74, 6) is 0.959. The first-order valence-electron chi connectivity index (χ1n) is 13.1. The van der Waals surface area contributed by atoms with Crippen LogP contribution < -0.4 is 14.8 Å². The van der Waals surface area contributed by atoms with Crippen molar-refractivity contribution in [2.45, 2.75) is 26.2 Å². The van der Waals surface area contributed by atoms with Gasteiger partial charge in [0, 0.05) is 22.9 Å². The summed E-state index contributed by atoms with van der Waals surface area (Å²) in [6.45, 7) is 2.86. The van der Waals surface area contributed by atoms with Crippen molar-refractivity contribution >= 4 is 22.4 Å². The number of benzene rings is 3. The summed E-state index contributed by atoms with van der Waals surface area (Å²) in [7, 11) is 0. The third kappa shape index (κ3) is 5.28. The fraction of sp³-hybridized carbons (Fsp3) is 0.161. The average molecular weight is 552 g/mol. The second kappa shape index (κ2) is 11.2. The Morgan fingerprint density at radius 3 is 2.40 bits per heavy atom. The van der Waals surface area contributed by atoms with Gasteiger partial charge in [-0.05, 0) is 73.2 Å². The quantitative estimate of drug-likeness (QED) is 0.208. The van der Waals surface area contributed by atoms with Crippen LogP contribution in [0, 0.1) is 5.82 Å². The van der Waals surface area contributed by atoms with Crippen molar-refractivity contribution in [1.29, 1.82) is 0 Å². The molecule has 3 heterocycles. The minimum atomic E-state index is -0.325. The Bertz CT molecular complexity index is 1860. The lowest BCUT2D eigenvalue weighted by Crippen LogP contribution is -2.23. The predicted octanol–water partition coefficient (Wildman–Crippen LogP) is 5.93. The van der Waals surface area contributed by atoms with Gasteiger partial charge in [-0.1, -0.05) is 49.3 Å². The van der Waals surface area contributed by atoms with Crippen LogP contribution in [0.2, 0.25) is 0 Å². The molecule has 3 aromatic carbocycles. The van der Waals surface area contributed by atoms with E-state index in [-0.39, 0.29) is 11.4 Å². The fourth-order valence-corrected chi connectivity index (χ4v) is 5.28. The zero-order valence-electron chi connectivity index (χ0n) is 21.8. The Hall–Kier alpha value is -4.63. The van der Waals surface area contributed by atoms with Crippen molar-refractivity contribution in [3.63, 3.8) is 0 Å². The van der Waals surface area contributed by atoms with Gasteiger partial charge in [-0.25, -0.2) is 9.07 Å². The summed E-state index contributed by atoms with van der Waals surface area (Å²) >= 11 is 1.26. The number of rotatable bonds is 9. The van der Waals surface area contributed by atoms with Gasteiger partial charge in [0.25, 0.3) is 5.56 Å². The number of hydrogen-bond acceptors (Lipinski definition) is 6. The lowest BCUT2D eigenvalue weighted by molar-refractivity contribution is 0.306. The number of ether oxygens (including phenoxy) is 1. The molecule has 0 fully saturated rings. The van der Waals surface area contributed by atoms with Gasteiger partial charge < -0.3 is 4.74 Å². The van der Waals surface area contributed by atoms with E-state index in [1.807, 2.05) is 60.8 Å². The summed E-state index contributed by atoms with van der Waals surface area (Å²) in [4.78, 5) is 18.4. The maximum Gasteiger partial charge on any atom is 0.291 e. The van der Waals surface area contributed by atoms with Crippen molar-refractivity contribution in [3.05, 3.63) is 111 Å². The Labute approximate surface area is 233 Å². The molecule has 3 aromatic heterocycles. The number of fused-ring (bicyclic) bond motifs is 1. The van der Waals surface area contributed by atoms with E-state index < -0.39 is 0 Å². The third-order valence-electron chi connectivity index (χ3n) is 6.48. The number of halogens is 1. The van der Waals surface area contributed by atoms with Crippen LogP contribution in [0.3, 0.4) is 0 Å². The molecule has 40 heavy (non-hydrogen) atoms. The van der Waals surface area contributed by atoms with E-state index in [0.29, 0.717) is 27.6 Å². The summed E-state index contributed by atoms with van der Waals surface area (Å²) in [5.41, 5.74) is 3.54. The van der Waals surface area contributed by atoms with E-state index in [1.165, 1.54) is 28.0 Å². The number of hydrogen-bond donors (Lipinski definition) is 0. The average Bonchev–Trinajstić information content (AvgIpc) is 3.67. The maximum absolute atomic E-state index is 13.6. The molecular formula is C31H26FN5O2S. The molecule has 0 spiro atoms. The predicted molar refractivity (Wildman–Crippen MR) is 155 cm³/mol. The normalized spacial score (nSPS) is 11.9. The molecule has 0 radical (unpaired) electrons. The highest BCUT2D eigenvalue weighted by atomic mass is 32.1. The molecule has 9 heteroatoms. The van der Waals surface area contributed by atoms with Gasteiger partial charge in [-0.15, -0.1) is 5.10 Å². The zero-order chi connectivity index (χ0) is 27.5. The Morgan fingerprint density at radius 2 is 1.68 bits per heavy atom. The molecule has 0 unspecified atom stereocenters. The highest BCUT2D eigenvalue weighted by molar-refractivity contribution is 7.15. The van der Waals surface area contributed by atoms with E-state index in [2.05, 4.69) is 17.0 Å². The van der Waals surface area contributed by atoms with Gasteiger partial charge in [-0.2, -0.15) is 14.6 Å². The number of aromatic nitrogens is 5. The molecular weight excluding hydrogens is 525 g/mol. The van der Waals surface area contributed by atoms with E-state index in [4.69, 9.17) is 9.84 Å². The highest BCUT2D eigenvalue weighted by Gasteiger charge is 2.15. The highest BCUT2D eigenvalue weighted by Crippen LogP contribution is 2.25. The lowest BCUT2D eigenvalue weighted by atomic mass is 10.1. The van der Waals surface area contributed by atoms with Gasteiger partial charge in [0.15, 0.2) is 5.82 Å². The molecule has 0 aliphatic heterocycles. The van der Waals surface area contributed by atoms with Crippen molar-refractivity contribution in [2.24, 2.45) is 0 Å². The summed E-state index contributed by atoms with van der Waals surface area (Å²) in [6, 6.07) is 23.4. The van der Waals surface area contributed by atoms with Crippen LogP contribution in [0.5, 0.6) is 5.75 Å². The van der Waals surface area contributed by atoms with E-state index in [1.54, 1.807) is 22.9 Å². The molecule has 200 valence electrons. The summed E-state index contributed by atoms with van der Waals surface area (Å²) in [6.07, 6.45) is 6.98. The number of nitrogens with zero attached hydrogens (tertiary/aromatic N) is 5. The van der Waals surface area contributed by atoms with Gasteiger partial charge in [0.2, 0.25) is 4.96 Å². The van der Waals surface area contributed by atoms with Gasteiger partial charge in [0.1, 0.15) is 17.3 Å². The number of thiazole rings is 1. The molecule has 7 nitrogen and oxygen atoms in total. The minimum absolute atomic E-state index is 0.257. The second-order valence-electron chi connectivity index (χ2n) is 9.35. The van der Waals surface area contributed by atoms with Gasteiger partial charge >= 0.3 is 0 Å². The van der Waals surface area contributed by atoms with Crippen LogP contribution in [-0.2, 0) is 0 Å². The molecule has 0 saturated carbocycles. The van der Waals surface area contributed by atoms with Crippen LogP contribution in [0.1, 0.15) is 31.7 Å². The van der Waals surface area contributed by atoms with Crippen LogP contribution in [-0.4, -0.2) is 31.0 Å². The van der Waals surface area contributed by atoms with Crippen molar-refractivity contribution in [3.8, 4) is 34.1 Å². The van der Waals surface area contributed by atoms with Crippen molar-refractivity contribution < 1.29 is 9.13 Å². The summed E-state index contributed by atoms with van der Waals surface area (Å²) in [5, 5.41) is 9.24. The first-order chi connectivity index (χ1) is 19.6. The monoisotopic (exact) mass is 551 g/mol. The molecule has 0 aliphatic rings. The zero-order valence-corrected chi connectivity index (χ0v) is 22.6. The first kappa shape index (κ1) is 25.6. The van der Waals surface area contributed by atoms with Crippen LogP contribution in [0.4, 0.5) is 4.39 Å². The third-order valence-corrected chi connectivity index (χ3v) is 7.44. The van der Waals surface area contributed by atoms with Crippen molar-refractivity contribution in [2.75, 3.05) is 6.61 Å². The smallest absolute Gasteiger partial charge is 0.291 e. The number of unbranched alkanes of at least 4 members (excludes halogenated alkanes) is 2. The Morgan fingerprint density at radius 1 is 0.925 bits per heavy atom. The molecule has 6 aromatic rings. The SMILES string of the molecule is CCCCCOc1ccc(-c2nc3s/c(=C\c4cn(-c5ccccc5)nc4-c4ccc(F)cc4)c(=O)n3n2)cc1. The summed E-state index contributed by atoms with van der Waals surface area (Å²) < 4.78 is 23.0. The largest absolute Gasteiger partial charge is 0.494 e. The Kier molecular flexibility index (Phi) is 7.20. The van der Waals surface area contributed by atoms with E-state index >= 15 is 0 Å². The molecule has 0 bridgehead atoms. The Balaban J connectivity index is 1.33. The molecule has 0 atom stereocenters. The van der Waals surface area contributed by atoms with Crippen LogP contribution in [0.25, 0.3) is 39.4 Å².